The van der Waals surface area contributed by atoms with E-state index >= 15 is 0 Å². The van der Waals surface area contributed by atoms with Crippen molar-refractivity contribution in [3.63, 3.8) is 0 Å². The Kier molecular flexibility index (Phi) is 12.2. The summed E-state index contributed by atoms with van der Waals surface area (Å²) in [6.45, 7) is 5.16. The number of nitrogens with one attached hydrogen (secondary N) is 3. The van der Waals surface area contributed by atoms with Gasteiger partial charge in [-0.3, -0.25) is 0 Å². The zero-order chi connectivity index (χ0) is 12.1. The van der Waals surface area contributed by atoms with Crippen LogP contribution in [0.25, 0.3) is 0 Å². The van der Waals surface area contributed by atoms with Gasteiger partial charge in [-0.05, 0) is 51.9 Å². The van der Waals surface area contributed by atoms with Crippen molar-refractivity contribution in [3.05, 3.63) is 0 Å². The number of hydrogen-bond donors (Lipinski definition) is 5. The molecule has 96 valence electrons. The molecule has 0 heterocycles. The van der Waals surface area contributed by atoms with Crippen molar-refractivity contribution in [2.45, 2.75) is 25.7 Å². The van der Waals surface area contributed by atoms with Gasteiger partial charge in [0, 0.05) is 18.8 Å². The average molecular weight is 229 g/mol. The third-order valence-corrected chi connectivity index (χ3v) is 2.32. The lowest BCUT2D eigenvalue weighted by atomic mass is 10.2. The molecule has 0 aliphatic heterocycles. The fraction of sp³-hybridized carbons (Fsp3) is 0.909. The summed E-state index contributed by atoms with van der Waals surface area (Å²) in [5.74, 6) is 0. The molecule has 0 spiro atoms. The molecule has 16 heavy (non-hydrogen) atoms. The molecule has 0 unspecified atom stereocenters. The van der Waals surface area contributed by atoms with Crippen molar-refractivity contribution in [2.75, 3.05) is 39.3 Å². The van der Waals surface area contributed by atoms with Gasteiger partial charge in [0.05, 0.1) is 0 Å². The number of hydrogen-bond acceptors (Lipinski definition) is 5. The van der Waals surface area contributed by atoms with Crippen molar-refractivity contribution in [2.24, 2.45) is 11.5 Å². The Balaban J connectivity index is 3.12. The van der Waals surface area contributed by atoms with Gasteiger partial charge in [0.1, 0.15) is 0 Å². The molecule has 0 bridgehead atoms. The Morgan fingerprint density at radius 1 is 0.812 bits per heavy atom. The van der Waals surface area contributed by atoms with Gasteiger partial charge in [0.15, 0.2) is 0 Å². The van der Waals surface area contributed by atoms with Crippen molar-refractivity contribution in [1.29, 1.82) is 5.41 Å². The molecule has 0 aliphatic carbocycles. The minimum atomic E-state index is 0.732. The first-order chi connectivity index (χ1) is 7.81. The highest BCUT2D eigenvalue weighted by Crippen LogP contribution is 1.88. The predicted octanol–water partition coefficient (Wildman–Crippen LogP) is -0.337. The summed E-state index contributed by atoms with van der Waals surface area (Å²) in [6.07, 6.45) is 3.69. The molecule has 0 aromatic heterocycles. The van der Waals surface area contributed by atoms with Crippen LogP contribution in [0.1, 0.15) is 25.7 Å². The Hall–Kier alpha value is -0.490. The lowest BCUT2D eigenvalue weighted by Crippen LogP contribution is -2.24. The lowest BCUT2D eigenvalue weighted by Gasteiger charge is -2.06. The van der Waals surface area contributed by atoms with E-state index in [1.54, 1.807) is 0 Å². The predicted molar refractivity (Wildman–Crippen MR) is 70.0 cm³/mol. The van der Waals surface area contributed by atoms with Gasteiger partial charge in [0.2, 0.25) is 0 Å². The van der Waals surface area contributed by atoms with E-state index < -0.39 is 0 Å². The van der Waals surface area contributed by atoms with Crippen molar-refractivity contribution < 1.29 is 0 Å². The molecule has 0 fully saturated rings. The fourth-order valence-electron chi connectivity index (χ4n) is 1.31. The van der Waals surface area contributed by atoms with E-state index in [-0.39, 0.29) is 0 Å². The van der Waals surface area contributed by atoms with Crippen LogP contribution in [0.2, 0.25) is 0 Å². The van der Waals surface area contributed by atoms with E-state index in [4.69, 9.17) is 16.9 Å². The van der Waals surface area contributed by atoms with Gasteiger partial charge in [-0.1, -0.05) is 0 Å². The van der Waals surface area contributed by atoms with Crippen LogP contribution < -0.4 is 22.1 Å². The third kappa shape index (κ3) is 11.6. The molecule has 0 amide bonds. The lowest BCUT2D eigenvalue weighted by molar-refractivity contribution is 0.648. The summed E-state index contributed by atoms with van der Waals surface area (Å²) < 4.78 is 0. The van der Waals surface area contributed by atoms with Crippen molar-refractivity contribution >= 4 is 5.71 Å². The molecule has 0 aromatic rings. The van der Waals surface area contributed by atoms with Crippen LogP contribution >= 0.6 is 0 Å². The summed E-state index contributed by atoms with van der Waals surface area (Å²) in [7, 11) is 0. The van der Waals surface area contributed by atoms with E-state index in [1.165, 1.54) is 0 Å². The summed E-state index contributed by atoms with van der Waals surface area (Å²) >= 11 is 0. The largest absolute Gasteiger partial charge is 0.330 e. The van der Waals surface area contributed by atoms with E-state index in [1.807, 2.05) is 0 Å². The van der Waals surface area contributed by atoms with Gasteiger partial charge < -0.3 is 27.5 Å². The fourth-order valence-corrected chi connectivity index (χ4v) is 1.31. The van der Waals surface area contributed by atoms with E-state index in [0.717, 1.165) is 70.7 Å². The topological polar surface area (TPSA) is 100.0 Å². The maximum Gasteiger partial charge on any atom is 0.0114 e. The van der Waals surface area contributed by atoms with Crippen LogP contribution in [0, 0.1) is 5.41 Å². The van der Waals surface area contributed by atoms with Gasteiger partial charge in [-0.25, -0.2) is 0 Å². The first-order valence-corrected chi connectivity index (χ1v) is 6.19. The standard InChI is InChI=1S/C11H27N5/c12-5-1-7-15-9-3-11(14)4-10-16-8-2-6-13/h14-16H,1-10,12-13H2. The quantitative estimate of drug-likeness (QED) is 0.233. The van der Waals surface area contributed by atoms with E-state index in [0.29, 0.717) is 0 Å². The van der Waals surface area contributed by atoms with Gasteiger partial charge >= 0.3 is 0 Å². The van der Waals surface area contributed by atoms with Crippen LogP contribution in [0.15, 0.2) is 0 Å². The first-order valence-electron chi connectivity index (χ1n) is 6.19. The Morgan fingerprint density at radius 3 is 1.62 bits per heavy atom. The Morgan fingerprint density at radius 2 is 1.25 bits per heavy atom. The molecular weight excluding hydrogens is 202 g/mol. The zero-order valence-corrected chi connectivity index (χ0v) is 10.2. The Labute approximate surface area is 98.9 Å². The highest BCUT2D eigenvalue weighted by Gasteiger charge is 1.96. The minimum Gasteiger partial charge on any atom is -0.330 e. The Bertz CT molecular complexity index is 144. The molecular formula is C11H27N5. The minimum absolute atomic E-state index is 0.732. The molecule has 0 rings (SSSR count). The summed E-state index contributed by atoms with van der Waals surface area (Å²) in [5.41, 5.74) is 11.6. The number of rotatable bonds is 12. The molecule has 0 aromatic carbocycles. The highest BCUT2D eigenvalue weighted by atomic mass is 14.9. The van der Waals surface area contributed by atoms with Crippen LogP contribution in [0.3, 0.4) is 0 Å². The molecule has 0 saturated heterocycles. The smallest absolute Gasteiger partial charge is 0.0114 e. The average Bonchev–Trinajstić information content (AvgIpc) is 2.28. The molecule has 0 saturated carbocycles. The van der Waals surface area contributed by atoms with E-state index in [2.05, 4.69) is 10.6 Å². The SMILES string of the molecule is N=C(CCNCCCN)CCNCCCN. The van der Waals surface area contributed by atoms with Crippen molar-refractivity contribution in [1.82, 2.24) is 10.6 Å². The number of nitrogens with two attached hydrogens (primary N) is 2. The second kappa shape index (κ2) is 12.6. The summed E-state index contributed by atoms with van der Waals surface area (Å²) in [6, 6.07) is 0. The van der Waals surface area contributed by atoms with Gasteiger partial charge in [-0.15, -0.1) is 0 Å². The molecule has 7 N–H and O–H groups in total. The second-order valence-corrected chi connectivity index (χ2v) is 3.89. The van der Waals surface area contributed by atoms with E-state index in [9.17, 15) is 0 Å². The highest BCUT2D eigenvalue weighted by molar-refractivity contribution is 5.81. The van der Waals surface area contributed by atoms with Crippen LogP contribution in [-0.2, 0) is 0 Å². The summed E-state index contributed by atoms with van der Waals surface area (Å²) in [5, 5.41) is 14.3. The maximum atomic E-state index is 7.72. The van der Waals surface area contributed by atoms with Crippen molar-refractivity contribution in [3.8, 4) is 0 Å². The third-order valence-electron chi connectivity index (χ3n) is 2.32. The van der Waals surface area contributed by atoms with Crippen LogP contribution in [-0.4, -0.2) is 45.0 Å². The molecule has 0 aliphatic rings. The monoisotopic (exact) mass is 229 g/mol. The van der Waals surface area contributed by atoms with Gasteiger partial charge in [-0.2, -0.15) is 0 Å². The molecule has 0 radical (unpaired) electrons. The molecule has 0 atom stereocenters. The molecule has 5 heteroatoms. The molecule has 5 nitrogen and oxygen atoms in total. The van der Waals surface area contributed by atoms with Gasteiger partial charge in [0.25, 0.3) is 0 Å². The normalized spacial score (nSPS) is 10.6. The first kappa shape index (κ1) is 15.5. The summed E-state index contributed by atoms with van der Waals surface area (Å²) in [4.78, 5) is 0. The zero-order valence-electron chi connectivity index (χ0n) is 10.2. The second-order valence-electron chi connectivity index (χ2n) is 3.89. The van der Waals surface area contributed by atoms with Crippen LogP contribution in [0.4, 0.5) is 0 Å². The maximum absolute atomic E-state index is 7.72. The van der Waals surface area contributed by atoms with Crippen LogP contribution in [0.5, 0.6) is 0 Å².